The largest absolute Gasteiger partial charge is 0.395 e. The van der Waals surface area contributed by atoms with Crippen LogP contribution in [0.3, 0.4) is 0 Å². The number of rotatable bonds is 2. The molecule has 2 rings (SSSR count). The van der Waals surface area contributed by atoms with Gasteiger partial charge in [-0.1, -0.05) is 0 Å². The Morgan fingerprint density at radius 2 is 2.29 bits per heavy atom. The first-order valence-electron chi connectivity index (χ1n) is 5.29. The Bertz CT molecular complexity index is 524. The van der Waals surface area contributed by atoms with E-state index in [0.717, 1.165) is 0 Å². The Morgan fingerprint density at radius 1 is 1.59 bits per heavy atom. The van der Waals surface area contributed by atoms with Gasteiger partial charge in [-0.05, 0) is 6.92 Å². The smallest absolute Gasteiger partial charge is 0.329 e. The Morgan fingerprint density at radius 3 is 2.88 bits per heavy atom. The lowest BCUT2D eigenvalue weighted by molar-refractivity contribution is 0.137. The summed E-state index contributed by atoms with van der Waals surface area (Å²) >= 11 is 1.34. The zero-order valence-corrected chi connectivity index (χ0v) is 10.1. The molecule has 1 saturated heterocycles. The molecule has 7 heteroatoms. The molecule has 0 aromatic carbocycles. The van der Waals surface area contributed by atoms with E-state index in [0.29, 0.717) is 12.0 Å². The van der Waals surface area contributed by atoms with E-state index >= 15 is 0 Å². The number of aromatic amines is 1. The van der Waals surface area contributed by atoms with Crippen molar-refractivity contribution in [3.8, 4) is 0 Å². The van der Waals surface area contributed by atoms with Gasteiger partial charge in [0.1, 0.15) is 0 Å². The number of H-pyrrole nitrogens is 1. The van der Waals surface area contributed by atoms with Crippen LogP contribution in [0.1, 0.15) is 17.4 Å². The molecule has 2 heterocycles. The summed E-state index contributed by atoms with van der Waals surface area (Å²) in [4.78, 5) is 25.1. The van der Waals surface area contributed by atoms with Crippen LogP contribution in [0.15, 0.2) is 15.8 Å². The summed E-state index contributed by atoms with van der Waals surface area (Å²) in [5.41, 5.74) is -0.426. The van der Waals surface area contributed by atoms with Gasteiger partial charge >= 0.3 is 5.69 Å². The normalized spacial score (nSPS) is 28.5. The van der Waals surface area contributed by atoms with Crippen molar-refractivity contribution >= 4 is 11.8 Å². The van der Waals surface area contributed by atoms with E-state index in [1.807, 2.05) is 0 Å². The van der Waals surface area contributed by atoms with Gasteiger partial charge < -0.3 is 10.2 Å². The number of hydrogen-bond acceptors (Lipinski definition) is 5. The Labute approximate surface area is 101 Å². The number of aliphatic hydroxyl groups is 2. The Kier molecular flexibility index (Phi) is 3.41. The summed E-state index contributed by atoms with van der Waals surface area (Å²) in [6.07, 6.45) is 1.25. The van der Waals surface area contributed by atoms with Crippen molar-refractivity contribution in [2.45, 2.75) is 30.1 Å². The molecule has 94 valence electrons. The molecule has 1 aliphatic rings. The van der Waals surface area contributed by atoms with Gasteiger partial charge in [-0.25, -0.2) is 4.79 Å². The average molecular weight is 258 g/mol. The van der Waals surface area contributed by atoms with E-state index < -0.39 is 17.4 Å². The third kappa shape index (κ3) is 2.31. The maximum Gasteiger partial charge on any atom is 0.329 e. The zero-order valence-electron chi connectivity index (χ0n) is 9.29. The van der Waals surface area contributed by atoms with Gasteiger partial charge in [0.05, 0.1) is 23.3 Å². The quantitative estimate of drug-likeness (QED) is 0.645. The number of hydrogen-bond donors (Lipinski definition) is 3. The van der Waals surface area contributed by atoms with Crippen LogP contribution in [0.5, 0.6) is 0 Å². The van der Waals surface area contributed by atoms with E-state index in [1.165, 1.54) is 22.5 Å². The summed E-state index contributed by atoms with van der Waals surface area (Å²) in [7, 11) is 0. The predicted molar refractivity (Wildman–Crippen MR) is 64.2 cm³/mol. The number of aliphatic hydroxyl groups excluding tert-OH is 2. The number of aromatic nitrogens is 2. The van der Waals surface area contributed by atoms with E-state index in [9.17, 15) is 14.7 Å². The van der Waals surface area contributed by atoms with Gasteiger partial charge in [0.2, 0.25) is 0 Å². The number of nitrogens with one attached hydrogen (secondary N) is 1. The van der Waals surface area contributed by atoms with Gasteiger partial charge in [0.25, 0.3) is 5.56 Å². The topological polar surface area (TPSA) is 95.3 Å². The van der Waals surface area contributed by atoms with Crippen LogP contribution in [0.4, 0.5) is 0 Å². The Balaban J connectivity index is 2.34. The van der Waals surface area contributed by atoms with Crippen LogP contribution in [0, 0.1) is 6.92 Å². The second-order valence-electron chi connectivity index (χ2n) is 4.09. The maximum atomic E-state index is 11.6. The zero-order chi connectivity index (χ0) is 12.6. The summed E-state index contributed by atoms with van der Waals surface area (Å²) in [6.45, 7) is 1.49. The Hall–Kier alpha value is -1.05. The lowest BCUT2D eigenvalue weighted by Gasteiger charge is -2.13. The van der Waals surface area contributed by atoms with Crippen molar-refractivity contribution in [1.29, 1.82) is 0 Å². The second-order valence-corrected chi connectivity index (χ2v) is 5.52. The molecule has 0 radical (unpaired) electrons. The molecule has 3 atom stereocenters. The van der Waals surface area contributed by atoms with Crippen molar-refractivity contribution in [2.75, 3.05) is 6.61 Å². The first kappa shape index (κ1) is 12.4. The summed E-state index contributed by atoms with van der Waals surface area (Å²) in [5.74, 6) is 0. The molecular weight excluding hydrogens is 244 g/mol. The number of aryl methyl sites for hydroxylation is 1. The van der Waals surface area contributed by atoms with Crippen LogP contribution in [-0.2, 0) is 0 Å². The molecular formula is C10H14N2O4S. The maximum absolute atomic E-state index is 11.6. The molecule has 0 bridgehead atoms. The fraction of sp³-hybridized carbons (Fsp3) is 0.600. The molecule has 1 aromatic heterocycles. The van der Waals surface area contributed by atoms with Crippen molar-refractivity contribution < 1.29 is 10.2 Å². The summed E-state index contributed by atoms with van der Waals surface area (Å²) < 4.78 is 1.40. The third-order valence-electron chi connectivity index (χ3n) is 2.84. The predicted octanol–water partition coefficient (Wildman–Crippen LogP) is -0.798. The highest BCUT2D eigenvalue weighted by atomic mass is 32.2. The summed E-state index contributed by atoms with van der Waals surface area (Å²) in [5, 5.41) is 18.2. The van der Waals surface area contributed by atoms with Gasteiger partial charge in [-0.2, -0.15) is 0 Å². The molecule has 1 aromatic rings. The minimum absolute atomic E-state index is 0.126. The molecule has 0 aliphatic carbocycles. The molecule has 17 heavy (non-hydrogen) atoms. The van der Waals surface area contributed by atoms with Crippen molar-refractivity contribution in [3.05, 3.63) is 32.6 Å². The fourth-order valence-corrected chi connectivity index (χ4v) is 3.23. The van der Waals surface area contributed by atoms with Gasteiger partial charge in [0, 0.05) is 18.2 Å². The van der Waals surface area contributed by atoms with Gasteiger partial charge in [-0.15, -0.1) is 11.8 Å². The average Bonchev–Trinajstić information content (AvgIpc) is 2.65. The van der Waals surface area contributed by atoms with Crippen LogP contribution >= 0.6 is 11.8 Å². The van der Waals surface area contributed by atoms with E-state index in [1.54, 1.807) is 6.92 Å². The highest BCUT2D eigenvalue weighted by molar-refractivity contribution is 8.00. The van der Waals surface area contributed by atoms with Crippen LogP contribution in [0.25, 0.3) is 0 Å². The van der Waals surface area contributed by atoms with E-state index in [-0.39, 0.29) is 17.2 Å². The van der Waals surface area contributed by atoms with Crippen molar-refractivity contribution in [2.24, 2.45) is 0 Å². The first-order chi connectivity index (χ1) is 8.02. The molecule has 0 spiro atoms. The van der Waals surface area contributed by atoms with Crippen LogP contribution < -0.4 is 11.2 Å². The van der Waals surface area contributed by atoms with Gasteiger partial charge in [0.15, 0.2) is 0 Å². The molecule has 0 saturated carbocycles. The van der Waals surface area contributed by atoms with Gasteiger partial charge in [-0.3, -0.25) is 14.3 Å². The second kappa shape index (κ2) is 4.67. The summed E-state index contributed by atoms with van der Waals surface area (Å²) in [6, 6.07) is 0. The highest BCUT2D eigenvalue weighted by Gasteiger charge is 2.34. The molecule has 6 nitrogen and oxygen atoms in total. The van der Waals surface area contributed by atoms with Crippen molar-refractivity contribution in [1.82, 2.24) is 9.55 Å². The number of thioether (sulfide) groups is 1. The molecule has 0 amide bonds. The lowest BCUT2D eigenvalue weighted by atomic mass is 10.2. The molecule has 3 N–H and O–H groups in total. The van der Waals surface area contributed by atoms with Crippen LogP contribution in [-0.4, -0.2) is 37.7 Å². The minimum atomic E-state index is -0.630. The molecule has 1 aliphatic heterocycles. The first-order valence-corrected chi connectivity index (χ1v) is 6.23. The molecule has 1 fully saturated rings. The fourth-order valence-electron chi connectivity index (χ4n) is 1.85. The number of nitrogens with zero attached hydrogens (tertiary/aromatic N) is 1. The lowest BCUT2D eigenvalue weighted by Crippen LogP contribution is -2.32. The van der Waals surface area contributed by atoms with E-state index in [4.69, 9.17) is 5.11 Å². The third-order valence-corrected chi connectivity index (χ3v) is 4.39. The highest BCUT2D eigenvalue weighted by Crippen LogP contribution is 2.40. The monoisotopic (exact) mass is 258 g/mol. The van der Waals surface area contributed by atoms with E-state index in [2.05, 4.69) is 4.98 Å². The SMILES string of the molecule is Cc1cn([C@@H]2C[C@H](O)[C@H](CO)S2)c(=O)[nH]c1=O. The van der Waals surface area contributed by atoms with Crippen molar-refractivity contribution in [3.63, 3.8) is 0 Å². The van der Waals surface area contributed by atoms with Crippen LogP contribution in [0.2, 0.25) is 0 Å². The standard InChI is InChI=1S/C10H14N2O4S/c1-5-3-12(10(16)11-9(5)15)8-2-6(14)7(4-13)17-8/h3,6-8,13-14H,2,4H2,1H3,(H,11,15,16)/t6-,7-,8-/m0/s1. The minimum Gasteiger partial charge on any atom is -0.395 e. The molecule has 0 unspecified atom stereocenters.